The molecule has 0 amide bonds. The van der Waals surface area contributed by atoms with Crippen molar-refractivity contribution in [1.29, 1.82) is 0 Å². The summed E-state index contributed by atoms with van der Waals surface area (Å²) in [7, 11) is 0. The van der Waals surface area contributed by atoms with Crippen LogP contribution in [0.4, 0.5) is 0 Å². The van der Waals surface area contributed by atoms with Gasteiger partial charge in [-0.2, -0.15) is 4.79 Å². The van der Waals surface area contributed by atoms with Crippen LogP contribution in [0, 0.1) is 0 Å². The van der Waals surface area contributed by atoms with E-state index < -0.39 is 0 Å². The van der Waals surface area contributed by atoms with Gasteiger partial charge in [0.15, 0.2) is 0 Å². The first-order valence-corrected chi connectivity index (χ1v) is 1.27. The van der Waals surface area contributed by atoms with E-state index in [9.17, 15) is 0 Å². The van der Waals surface area contributed by atoms with Gasteiger partial charge in [-0.25, -0.2) is 0 Å². The molecule has 0 heterocycles. The van der Waals surface area contributed by atoms with Gasteiger partial charge in [0, 0.05) is 0 Å². The first-order valence-electron chi connectivity index (χ1n) is 1.27. The highest BCUT2D eigenvalue weighted by molar-refractivity contribution is 5.51. The fraction of sp³-hybridized carbons (Fsp3) is 0.500. The summed E-state index contributed by atoms with van der Waals surface area (Å²) in [5.41, 5.74) is 12.4. The van der Waals surface area contributed by atoms with Gasteiger partial charge in [-0.05, 0) is 0 Å². The molecule has 0 spiro atoms. The zero-order valence-corrected chi connectivity index (χ0v) is 2.76. The summed E-state index contributed by atoms with van der Waals surface area (Å²) in [6.45, 7) is 0.302. The van der Waals surface area contributed by atoms with Crippen LogP contribution in [0.5, 0.6) is 0 Å². The van der Waals surface area contributed by atoms with Crippen molar-refractivity contribution in [2.45, 2.75) is 0 Å². The maximum Gasteiger partial charge on any atom is 0.270 e. The average molecular weight is 71.1 g/mol. The Kier molecular flexibility index (Phi) is 2.90. The van der Waals surface area contributed by atoms with E-state index in [1.54, 1.807) is 0 Å². The zero-order chi connectivity index (χ0) is 4.12. The second-order valence-electron chi connectivity index (χ2n) is 0.534. The van der Waals surface area contributed by atoms with E-state index >= 15 is 0 Å². The van der Waals surface area contributed by atoms with Crippen molar-refractivity contribution in [3.63, 3.8) is 0 Å². The standard InChI is InChI=1S/C2H5N3/c3-1-2-5-4/h2H,1,3H2. The molecule has 0 radical (unpaired) electrons. The van der Waals surface area contributed by atoms with Gasteiger partial charge in [-0.1, -0.05) is 0 Å². The molecule has 0 saturated heterocycles. The molecule has 0 rings (SSSR count). The maximum absolute atomic E-state index is 7.56. The summed E-state index contributed by atoms with van der Waals surface area (Å²) >= 11 is 0. The lowest BCUT2D eigenvalue weighted by atomic mass is 10.8. The van der Waals surface area contributed by atoms with Crippen LogP contribution in [0.15, 0.2) is 0 Å². The molecule has 0 atom stereocenters. The fourth-order valence-electron chi connectivity index (χ4n) is 0.0471. The number of hydrogen-bond acceptors (Lipinski definition) is 1. The molecule has 0 saturated carbocycles. The van der Waals surface area contributed by atoms with Crippen LogP contribution in [0.1, 0.15) is 0 Å². The molecule has 3 nitrogen and oxygen atoms in total. The average Bonchev–Trinajstić information content (AvgIpc) is 1.41. The van der Waals surface area contributed by atoms with E-state index in [0.717, 1.165) is 0 Å². The van der Waals surface area contributed by atoms with E-state index in [2.05, 4.69) is 4.79 Å². The van der Waals surface area contributed by atoms with Crippen LogP contribution in [0.2, 0.25) is 0 Å². The van der Waals surface area contributed by atoms with E-state index in [4.69, 9.17) is 11.3 Å². The molecule has 0 bridgehead atoms. The van der Waals surface area contributed by atoms with Crippen molar-refractivity contribution in [2.24, 2.45) is 5.73 Å². The van der Waals surface area contributed by atoms with Crippen LogP contribution in [0.25, 0.3) is 5.53 Å². The first-order chi connectivity index (χ1) is 2.41. The predicted molar refractivity (Wildman–Crippen MR) is 18.7 cm³/mol. The molecule has 0 fully saturated rings. The van der Waals surface area contributed by atoms with Gasteiger partial charge < -0.3 is 11.3 Å². The third-order valence-corrected chi connectivity index (χ3v) is 0.187. The lowest BCUT2D eigenvalue weighted by Gasteiger charge is -1.53. The van der Waals surface area contributed by atoms with E-state index in [1.807, 2.05) is 0 Å². The molecule has 0 aromatic carbocycles. The Labute approximate surface area is 30.0 Å². The van der Waals surface area contributed by atoms with Gasteiger partial charge >= 0.3 is 0 Å². The lowest BCUT2D eigenvalue weighted by Crippen LogP contribution is -1.98. The monoisotopic (exact) mass is 71.0 g/mol. The van der Waals surface area contributed by atoms with Crippen LogP contribution >= 0.6 is 0 Å². The molecule has 3 heteroatoms. The van der Waals surface area contributed by atoms with Crippen molar-refractivity contribution in [3.05, 3.63) is 5.53 Å². The minimum absolute atomic E-state index is 0.302. The van der Waals surface area contributed by atoms with Gasteiger partial charge in [0.25, 0.3) is 6.21 Å². The molecule has 0 aliphatic carbocycles. The number of rotatable bonds is 1. The Balaban J connectivity index is 2.93. The summed E-state index contributed by atoms with van der Waals surface area (Å²) in [5.74, 6) is 0. The lowest BCUT2D eigenvalue weighted by molar-refractivity contribution is 0.00221. The van der Waals surface area contributed by atoms with E-state index in [0.29, 0.717) is 6.54 Å². The fourth-order valence-corrected chi connectivity index (χ4v) is 0.0471. The van der Waals surface area contributed by atoms with Crippen molar-refractivity contribution >= 4 is 6.21 Å². The maximum atomic E-state index is 7.56. The highest BCUT2D eigenvalue weighted by atomic mass is 14.8. The Morgan fingerprint density at radius 3 is 2.60 bits per heavy atom. The molecular weight excluding hydrogens is 66.0 g/mol. The minimum Gasteiger partial charge on any atom is -0.362 e. The van der Waals surface area contributed by atoms with Crippen molar-refractivity contribution < 1.29 is 4.79 Å². The normalized spacial score (nSPS) is 5.80. The Morgan fingerprint density at radius 2 is 2.60 bits per heavy atom. The number of nitrogens with two attached hydrogens (primary N) is 1. The van der Waals surface area contributed by atoms with Gasteiger partial charge in [0.2, 0.25) is 0 Å². The molecular formula is C2H5N3. The largest absolute Gasteiger partial charge is 0.362 e. The summed E-state index contributed by atoms with van der Waals surface area (Å²) in [5, 5.41) is 0. The van der Waals surface area contributed by atoms with E-state index in [-0.39, 0.29) is 0 Å². The Morgan fingerprint density at radius 1 is 2.00 bits per heavy atom. The number of nitrogens with zero attached hydrogens (tertiary/aromatic N) is 2. The second-order valence-corrected chi connectivity index (χ2v) is 0.534. The predicted octanol–water partition coefficient (Wildman–Crippen LogP) is -0.754. The van der Waals surface area contributed by atoms with Crippen molar-refractivity contribution in [3.8, 4) is 0 Å². The van der Waals surface area contributed by atoms with Gasteiger partial charge in [-0.3, -0.25) is 0 Å². The van der Waals surface area contributed by atoms with Crippen molar-refractivity contribution in [2.75, 3.05) is 6.54 Å². The molecule has 0 aliphatic rings. The molecule has 0 aliphatic heterocycles. The summed E-state index contributed by atoms with van der Waals surface area (Å²) < 4.78 is 0. The van der Waals surface area contributed by atoms with Crippen LogP contribution < -0.4 is 5.73 Å². The highest BCUT2D eigenvalue weighted by Crippen LogP contribution is 1.23. The summed E-state index contributed by atoms with van der Waals surface area (Å²) in [4.78, 5) is 2.60. The van der Waals surface area contributed by atoms with E-state index in [1.165, 1.54) is 6.21 Å². The van der Waals surface area contributed by atoms with Gasteiger partial charge in [-0.15, -0.1) is 0 Å². The second kappa shape index (κ2) is 3.34. The van der Waals surface area contributed by atoms with Crippen LogP contribution in [0.3, 0.4) is 0 Å². The summed E-state index contributed by atoms with van der Waals surface area (Å²) in [6, 6.07) is 0. The SMILES string of the molecule is [N-]=[N+]=CCN. The Hall–Kier alpha value is -0.660. The number of hydrogen-bond donors (Lipinski definition) is 1. The zero-order valence-electron chi connectivity index (χ0n) is 2.76. The first kappa shape index (κ1) is 4.34. The van der Waals surface area contributed by atoms with Gasteiger partial charge in [0.1, 0.15) is 0 Å². The third kappa shape index (κ3) is 3.34. The van der Waals surface area contributed by atoms with Crippen molar-refractivity contribution in [1.82, 2.24) is 0 Å². The smallest absolute Gasteiger partial charge is 0.270 e. The molecule has 2 N–H and O–H groups in total. The molecule has 28 valence electrons. The molecule has 5 heavy (non-hydrogen) atoms. The molecule has 0 aromatic heterocycles. The third-order valence-electron chi connectivity index (χ3n) is 0.187. The highest BCUT2D eigenvalue weighted by Gasteiger charge is 1.60. The van der Waals surface area contributed by atoms with Crippen LogP contribution in [-0.4, -0.2) is 17.5 Å². The topological polar surface area (TPSA) is 62.4 Å². The summed E-state index contributed by atoms with van der Waals surface area (Å²) in [6.07, 6.45) is 1.21. The van der Waals surface area contributed by atoms with Crippen LogP contribution in [-0.2, 0) is 0 Å². The van der Waals surface area contributed by atoms with Gasteiger partial charge in [0.05, 0.1) is 6.54 Å². The minimum atomic E-state index is 0.302. The Bertz CT molecular complexity index is 51.9. The molecule has 0 aromatic rings. The molecule has 0 unspecified atom stereocenters. The quantitative estimate of drug-likeness (QED) is 0.246.